The molecule has 0 aromatic heterocycles. The Labute approximate surface area is 188 Å². The number of anilines is 1. The third-order valence-electron chi connectivity index (χ3n) is 6.86. The van der Waals surface area contributed by atoms with E-state index < -0.39 is 0 Å². The van der Waals surface area contributed by atoms with Gasteiger partial charge in [0.05, 0.1) is 25.4 Å². The maximum atomic E-state index is 13.6. The lowest BCUT2D eigenvalue weighted by atomic mass is 9.79. The summed E-state index contributed by atoms with van der Waals surface area (Å²) in [5.41, 5.74) is 3.37. The van der Waals surface area contributed by atoms with Crippen LogP contribution in [-0.2, 0) is 11.2 Å². The molecule has 168 valence electrons. The highest BCUT2D eigenvalue weighted by Gasteiger charge is 2.35. The zero-order chi connectivity index (χ0) is 22.1. The Balaban J connectivity index is 1.13. The van der Waals surface area contributed by atoms with Crippen molar-refractivity contribution in [3.8, 4) is 5.75 Å². The number of nitrogens with one attached hydrogen (secondary N) is 1. The molecule has 3 aliphatic rings. The fraction of sp³-hybridized carbons (Fsp3) is 0.440. The van der Waals surface area contributed by atoms with Gasteiger partial charge < -0.3 is 15.0 Å². The standard InChI is InChI=1S/C25H29FN4O2/c1-32-23-5-3-2-4-22(23)30-12-10-29(11-13-30)16-25(31)28-24-15-20-19-8-7-18(26)14-17(19)6-9-21(20)27-24/h2-5,7-8,14,20-21H,6,9-13,15-16H2,1H3,(H,27,28,31)/t20-,21+/m0/s1. The molecule has 2 aromatic rings. The molecule has 0 saturated carbocycles. The van der Waals surface area contributed by atoms with Crippen LogP contribution in [0.25, 0.3) is 0 Å². The molecular formula is C25H29FN4O2. The van der Waals surface area contributed by atoms with Gasteiger partial charge in [-0.25, -0.2) is 4.39 Å². The monoisotopic (exact) mass is 436 g/mol. The van der Waals surface area contributed by atoms with E-state index in [0.717, 1.165) is 68.3 Å². The number of rotatable bonds is 4. The van der Waals surface area contributed by atoms with Crippen LogP contribution in [0.1, 0.15) is 29.9 Å². The van der Waals surface area contributed by atoms with Crippen molar-refractivity contribution in [3.05, 3.63) is 59.4 Å². The van der Waals surface area contributed by atoms with Gasteiger partial charge in [-0.3, -0.25) is 14.7 Å². The van der Waals surface area contributed by atoms with Crippen LogP contribution in [0, 0.1) is 5.82 Å². The third-order valence-corrected chi connectivity index (χ3v) is 6.86. The molecule has 7 heteroatoms. The van der Waals surface area contributed by atoms with Gasteiger partial charge in [0.25, 0.3) is 0 Å². The molecule has 1 saturated heterocycles. The van der Waals surface area contributed by atoms with Crippen molar-refractivity contribution in [2.75, 3.05) is 44.7 Å². The van der Waals surface area contributed by atoms with Crippen molar-refractivity contribution in [3.63, 3.8) is 0 Å². The van der Waals surface area contributed by atoms with E-state index in [-0.39, 0.29) is 23.7 Å². The van der Waals surface area contributed by atoms with Gasteiger partial charge >= 0.3 is 0 Å². The molecule has 5 rings (SSSR count). The van der Waals surface area contributed by atoms with Gasteiger partial charge in [-0.15, -0.1) is 0 Å². The van der Waals surface area contributed by atoms with E-state index in [1.54, 1.807) is 13.2 Å². The van der Waals surface area contributed by atoms with Crippen LogP contribution < -0.4 is 15.0 Å². The molecule has 2 aromatic carbocycles. The van der Waals surface area contributed by atoms with Crippen LogP contribution in [0.15, 0.2) is 47.5 Å². The molecule has 6 nitrogen and oxygen atoms in total. The molecule has 1 aliphatic carbocycles. The first-order valence-corrected chi connectivity index (χ1v) is 11.4. The highest BCUT2D eigenvalue weighted by atomic mass is 19.1. The minimum absolute atomic E-state index is 0.00697. The summed E-state index contributed by atoms with van der Waals surface area (Å²) < 4.78 is 19.0. The van der Waals surface area contributed by atoms with Crippen molar-refractivity contribution in [2.45, 2.75) is 31.2 Å². The van der Waals surface area contributed by atoms with E-state index in [1.807, 2.05) is 24.3 Å². The largest absolute Gasteiger partial charge is 0.495 e. The van der Waals surface area contributed by atoms with Crippen molar-refractivity contribution >= 4 is 17.4 Å². The summed E-state index contributed by atoms with van der Waals surface area (Å²) in [6.45, 7) is 3.72. The smallest absolute Gasteiger partial charge is 0.239 e. The zero-order valence-electron chi connectivity index (χ0n) is 18.4. The zero-order valence-corrected chi connectivity index (χ0v) is 18.4. The van der Waals surface area contributed by atoms with Crippen molar-refractivity contribution in [2.24, 2.45) is 4.99 Å². The molecular weight excluding hydrogens is 407 g/mol. The number of halogens is 1. The number of aliphatic imine (C=N–C) groups is 1. The SMILES string of the molecule is COc1ccccc1N1CCN(CC(=O)NC2=N[C@@H]3CCc4cc(F)ccc4[C@@H]3C2)CC1. The number of hydrogen-bond donors (Lipinski definition) is 1. The summed E-state index contributed by atoms with van der Waals surface area (Å²) >= 11 is 0. The second-order valence-corrected chi connectivity index (χ2v) is 8.82. The van der Waals surface area contributed by atoms with Crippen molar-refractivity contribution in [1.29, 1.82) is 0 Å². The Morgan fingerprint density at radius 1 is 1.19 bits per heavy atom. The number of amides is 1. The number of fused-ring (bicyclic) bond motifs is 3. The van der Waals surface area contributed by atoms with Gasteiger partial charge in [0.15, 0.2) is 0 Å². The number of nitrogens with zero attached hydrogens (tertiary/aromatic N) is 3. The van der Waals surface area contributed by atoms with Gasteiger partial charge in [-0.2, -0.15) is 0 Å². The van der Waals surface area contributed by atoms with E-state index in [0.29, 0.717) is 6.54 Å². The lowest BCUT2D eigenvalue weighted by Gasteiger charge is -2.36. The predicted molar refractivity (Wildman–Crippen MR) is 123 cm³/mol. The summed E-state index contributed by atoms with van der Waals surface area (Å²) in [6.07, 6.45) is 2.47. The number of ether oxygens (including phenoxy) is 1. The molecule has 2 aliphatic heterocycles. The van der Waals surface area contributed by atoms with Crippen LogP contribution in [0.5, 0.6) is 5.75 Å². The van der Waals surface area contributed by atoms with E-state index in [4.69, 9.17) is 9.73 Å². The number of aryl methyl sites for hydroxylation is 1. The first kappa shape index (κ1) is 20.9. The van der Waals surface area contributed by atoms with E-state index in [2.05, 4.69) is 21.2 Å². The number of amidine groups is 1. The highest BCUT2D eigenvalue weighted by molar-refractivity contribution is 6.00. The minimum Gasteiger partial charge on any atom is -0.495 e. The number of benzene rings is 2. The second kappa shape index (κ2) is 8.90. The van der Waals surface area contributed by atoms with Crippen LogP contribution in [0.4, 0.5) is 10.1 Å². The van der Waals surface area contributed by atoms with Crippen molar-refractivity contribution in [1.82, 2.24) is 10.2 Å². The van der Waals surface area contributed by atoms with Crippen molar-refractivity contribution < 1.29 is 13.9 Å². The number of methoxy groups -OCH3 is 1. The molecule has 1 amide bonds. The molecule has 0 bridgehead atoms. The van der Waals surface area contributed by atoms with E-state index in [9.17, 15) is 9.18 Å². The van der Waals surface area contributed by atoms with Crippen LogP contribution in [0.3, 0.4) is 0 Å². The number of piperazine rings is 1. The van der Waals surface area contributed by atoms with Crippen LogP contribution >= 0.6 is 0 Å². The summed E-state index contributed by atoms with van der Waals surface area (Å²) in [7, 11) is 1.69. The lowest BCUT2D eigenvalue weighted by Crippen LogP contribution is -2.50. The fourth-order valence-corrected chi connectivity index (χ4v) is 5.25. The number of carbonyl (C=O) groups excluding carboxylic acids is 1. The normalized spacial score (nSPS) is 22.7. The average molecular weight is 437 g/mol. The number of hydrogen-bond acceptors (Lipinski definition) is 5. The highest BCUT2D eigenvalue weighted by Crippen LogP contribution is 2.40. The molecule has 0 unspecified atom stereocenters. The molecule has 2 atom stereocenters. The molecule has 2 heterocycles. The molecule has 1 N–H and O–H groups in total. The van der Waals surface area contributed by atoms with Gasteiger partial charge in [0.1, 0.15) is 17.4 Å². The number of carbonyl (C=O) groups is 1. The Bertz CT molecular complexity index is 1030. The first-order valence-electron chi connectivity index (χ1n) is 11.4. The molecule has 0 radical (unpaired) electrons. The van der Waals surface area contributed by atoms with E-state index in [1.165, 1.54) is 11.6 Å². The minimum atomic E-state index is -0.180. The third kappa shape index (κ3) is 4.21. The Morgan fingerprint density at radius 2 is 2.00 bits per heavy atom. The topological polar surface area (TPSA) is 57.2 Å². The summed E-state index contributed by atoms with van der Waals surface area (Å²) in [6, 6.07) is 13.3. The Kier molecular flexibility index (Phi) is 5.83. The maximum Gasteiger partial charge on any atom is 0.239 e. The maximum absolute atomic E-state index is 13.6. The van der Waals surface area contributed by atoms with E-state index >= 15 is 0 Å². The summed E-state index contributed by atoms with van der Waals surface area (Å²) in [5, 5.41) is 3.05. The average Bonchev–Trinajstić information content (AvgIpc) is 3.22. The molecule has 0 spiro atoms. The fourth-order valence-electron chi connectivity index (χ4n) is 5.25. The summed E-state index contributed by atoms with van der Waals surface area (Å²) in [4.78, 5) is 22.0. The summed E-state index contributed by atoms with van der Waals surface area (Å²) in [5.74, 6) is 1.71. The molecule has 1 fully saturated rings. The number of para-hydroxylation sites is 2. The Hall–Kier alpha value is -2.93. The second-order valence-electron chi connectivity index (χ2n) is 8.82. The lowest BCUT2D eigenvalue weighted by molar-refractivity contribution is -0.120. The first-order chi connectivity index (χ1) is 15.6. The van der Waals surface area contributed by atoms with Gasteiger partial charge in [-0.05, 0) is 48.2 Å². The quantitative estimate of drug-likeness (QED) is 0.801. The Morgan fingerprint density at radius 3 is 2.81 bits per heavy atom. The van der Waals surface area contributed by atoms with Gasteiger partial charge in [0, 0.05) is 38.5 Å². The molecule has 32 heavy (non-hydrogen) atoms. The van der Waals surface area contributed by atoms with Gasteiger partial charge in [-0.1, -0.05) is 18.2 Å². The van der Waals surface area contributed by atoms with Crippen LogP contribution in [0.2, 0.25) is 0 Å². The van der Waals surface area contributed by atoms with Gasteiger partial charge in [0.2, 0.25) is 5.91 Å². The predicted octanol–water partition coefficient (Wildman–Crippen LogP) is 2.97. The van der Waals surface area contributed by atoms with Crippen LogP contribution in [-0.4, -0.2) is 62.5 Å².